The maximum Gasteiger partial charge on any atom is 0.132 e. The van der Waals surface area contributed by atoms with E-state index in [1.165, 1.54) is 19.2 Å². The van der Waals surface area contributed by atoms with Crippen molar-refractivity contribution < 1.29 is 13.9 Å². The molecule has 0 spiro atoms. The molecule has 1 unspecified atom stereocenters. The Hall–Kier alpha value is -1.81. The third-order valence-corrected chi connectivity index (χ3v) is 2.82. The number of halogens is 2. The highest BCUT2D eigenvalue weighted by atomic mass is 19.1. The molecule has 0 saturated carbocycles. The second-order valence-corrected chi connectivity index (χ2v) is 4.26. The van der Waals surface area contributed by atoms with Gasteiger partial charge in [0.05, 0.1) is 0 Å². The van der Waals surface area contributed by atoms with E-state index in [1.807, 2.05) is 6.92 Å². The molecule has 0 bridgehead atoms. The van der Waals surface area contributed by atoms with Crippen molar-refractivity contribution in [2.45, 2.75) is 20.0 Å². The van der Waals surface area contributed by atoms with E-state index in [1.54, 1.807) is 12.1 Å². The van der Waals surface area contributed by atoms with Gasteiger partial charge in [0.25, 0.3) is 0 Å². The molecule has 0 saturated heterocycles. The van der Waals surface area contributed by atoms with Gasteiger partial charge in [0, 0.05) is 29.1 Å². The number of aryl methyl sites for hydroxylation is 2. The van der Waals surface area contributed by atoms with Crippen molar-refractivity contribution >= 4 is 0 Å². The molecule has 4 heteroatoms. The molecule has 0 aliphatic rings. The lowest BCUT2D eigenvalue weighted by molar-refractivity contribution is 0.214. The summed E-state index contributed by atoms with van der Waals surface area (Å²) in [5.74, 6) is -1.38. The molecule has 1 atom stereocenters. The van der Waals surface area contributed by atoms with Gasteiger partial charge in [-0.15, -0.1) is 0 Å². The molecular formula is C14H13F2NO. The Labute approximate surface area is 104 Å². The molecular weight excluding hydrogens is 236 g/mol. The average molecular weight is 249 g/mol. The quantitative estimate of drug-likeness (QED) is 0.887. The third kappa shape index (κ3) is 2.38. The molecule has 0 aliphatic carbocycles. The van der Waals surface area contributed by atoms with Crippen LogP contribution in [0.15, 0.2) is 30.5 Å². The summed E-state index contributed by atoms with van der Waals surface area (Å²) in [5.41, 5.74) is 1.64. The fourth-order valence-corrected chi connectivity index (χ4v) is 1.71. The van der Waals surface area contributed by atoms with E-state index in [2.05, 4.69) is 4.98 Å². The molecule has 1 aromatic heterocycles. The first-order valence-corrected chi connectivity index (χ1v) is 5.55. The number of aliphatic hydroxyl groups excluding tert-OH is 1. The van der Waals surface area contributed by atoms with E-state index >= 15 is 0 Å². The van der Waals surface area contributed by atoms with Crippen LogP contribution in [0.3, 0.4) is 0 Å². The van der Waals surface area contributed by atoms with Crippen molar-refractivity contribution in [3.8, 4) is 0 Å². The molecule has 0 aliphatic heterocycles. The molecule has 0 radical (unpaired) electrons. The topological polar surface area (TPSA) is 33.1 Å². The van der Waals surface area contributed by atoms with E-state index in [-0.39, 0.29) is 5.56 Å². The van der Waals surface area contributed by atoms with Gasteiger partial charge in [0.1, 0.15) is 17.7 Å². The van der Waals surface area contributed by atoms with Crippen LogP contribution in [0.4, 0.5) is 8.78 Å². The van der Waals surface area contributed by atoms with Crippen LogP contribution in [0, 0.1) is 25.5 Å². The van der Waals surface area contributed by atoms with Crippen LogP contribution in [0.25, 0.3) is 0 Å². The smallest absolute Gasteiger partial charge is 0.132 e. The standard InChI is InChI=1S/C14H13F2NO/c1-8-5-11(13(16)6-12(8)15)14(18)10-4-3-9(2)17-7-10/h3-7,14,18H,1-2H3. The average Bonchev–Trinajstić information content (AvgIpc) is 2.34. The van der Waals surface area contributed by atoms with Crippen LogP contribution in [0.1, 0.15) is 28.5 Å². The minimum Gasteiger partial charge on any atom is -0.383 e. The lowest BCUT2D eigenvalue weighted by Gasteiger charge is -2.13. The molecule has 1 aromatic carbocycles. The van der Waals surface area contributed by atoms with Crippen LogP contribution in [-0.2, 0) is 0 Å². The van der Waals surface area contributed by atoms with E-state index in [9.17, 15) is 13.9 Å². The lowest BCUT2D eigenvalue weighted by Crippen LogP contribution is -2.05. The largest absolute Gasteiger partial charge is 0.383 e. The molecule has 0 amide bonds. The Morgan fingerprint density at radius 3 is 2.44 bits per heavy atom. The Bertz CT molecular complexity index is 567. The van der Waals surface area contributed by atoms with E-state index in [0.717, 1.165) is 11.8 Å². The molecule has 94 valence electrons. The second kappa shape index (κ2) is 4.82. The highest BCUT2D eigenvalue weighted by molar-refractivity contribution is 5.33. The Morgan fingerprint density at radius 1 is 1.11 bits per heavy atom. The number of benzene rings is 1. The SMILES string of the molecule is Cc1ccc(C(O)c2cc(C)c(F)cc2F)cn1. The summed E-state index contributed by atoms with van der Waals surface area (Å²) in [6, 6.07) is 5.50. The number of aromatic nitrogens is 1. The summed E-state index contributed by atoms with van der Waals surface area (Å²) in [6.07, 6.45) is 0.343. The minimum atomic E-state index is -1.14. The van der Waals surface area contributed by atoms with Gasteiger partial charge < -0.3 is 5.11 Å². The first kappa shape index (κ1) is 12.6. The summed E-state index contributed by atoms with van der Waals surface area (Å²) in [6.45, 7) is 3.34. The molecule has 2 rings (SSSR count). The summed E-state index contributed by atoms with van der Waals surface area (Å²) < 4.78 is 26.8. The third-order valence-electron chi connectivity index (χ3n) is 2.82. The Morgan fingerprint density at radius 2 is 1.83 bits per heavy atom. The Balaban J connectivity index is 2.42. The number of hydrogen-bond acceptors (Lipinski definition) is 2. The number of aliphatic hydroxyl groups is 1. The van der Waals surface area contributed by atoms with E-state index < -0.39 is 17.7 Å². The predicted octanol–water partition coefficient (Wildman–Crippen LogP) is 3.06. The van der Waals surface area contributed by atoms with Crippen molar-refractivity contribution in [2.75, 3.05) is 0 Å². The van der Waals surface area contributed by atoms with Crippen molar-refractivity contribution in [3.05, 3.63) is 64.5 Å². The number of pyridine rings is 1. The summed E-state index contributed by atoms with van der Waals surface area (Å²) in [4.78, 5) is 4.04. The summed E-state index contributed by atoms with van der Waals surface area (Å²) in [7, 11) is 0. The van der Waals surface area contributed by atoms with Crippen molar-refractivity contribution in [3.63, 3.8) is 0 Å². The van der Waals surface area contributed by atoms with Gasteiger partial charge in [-0.25, -0.2) is 8.78 Å². The van der Waals surface area contributed by atoms with Gasteiger partial charge in [0.15, 0.2) is 0 Å². The highest BCUT2D eigenvalue weighted by Crippen LogP contribution is 2.26. The number of rotatable bonds is 2. The zero-order valence-corrected chi connectivity index (χ0v) is 10.1. The van der Waals surface area contributed by atoms with Gasteiger partial charge in [0.2, 0.25) is 0 Å². The van der Waals surface area contributed by atoms with Gasteiger partial charge in [-0.3, -0.25) is 4.98 Å². The highest BCUT2D eigenvalue weighted by Gasteiger charge is 2.17. The maximum absolute atomic E-state index is 13.6. The van der Waals surface area contributed by atoms with E-state index in [0.29, 0.717) is 11.1 Å². The van der Waals surface area contributed by atoms with Crippen LogP contribution < -0.4 is 0 Å². The minimum absolute atomic E-state index is 0.0551. The normalized spacial score (nSPS) is 12.5. The van der Waals surface area contributed by atoms with E-state index in [4.69, 9.17) is 0 Å². The van der Waals surface area contributed by atoms with Gasteiger partial charge >= 0.3 is 0 Å². The molecule has 1 N–H and O–H groups in total. The van der Waals surface area contributed by atoms with Crippen molar-refractivity contribution in [1.82, 2.24) is 4.98 Å². The second-order valence-electron chi connectivity index (χ2n) is 4.26. The molecule has 18 heavy (non-hydrogen) atoms. The van der Waals surface area contributed by atoms with Gasteiger partial charge in [-0.2, -0.15) is 0 Å². The fourth-order valence-electron chi connectivity index (χ4n) is 1.71. The monoisotopic (exact) mass is 249 g/mol. The fraction of sp³-hybridized carbons (Fsp3) is 0.214. The molecule has 2 aromatic rings. The zero-order chi connectivity index (χ0) is 13.3. The van der Waals surface area contributed by atoms with Crippen LogP contribution in [-0.4, -0.2) is 10.1 Å². The maximum atomic E-state index is 13.6. The van der Waals surface area contributed by atoms with Crippen molar-refractivity contribution in [1.29, 1.82) is 0 Å². The van der Waals surface area contributed by atoms with Gasteiger partial charge in [-0.05, 0) is 31.5 Å². The number of nitrogens with zero attached hydrogens (tertiary/aromatic N) is 1. The van der Waals surface area contributed by atoms with Crippen molar-refractivity contribution in [2.24, 2.45) is 0 Å². The van der Waals surface area contributed by atoms with Crippen LogP contribution >= 0.6 is 0 Å². The molecule has 1 heterocycles. The predicted molar refractivity (Wildman–Crippen MR) is 64.1 cm³/mol. The summed E-state index contributed by atoms with van der Waals surface area (Å²) >= 11 is 0. The Kier molecular flexibility index (Phi) is 3.39. The molecule has 2 nitrogen and oxygen atoms in total. The summed E-state index contributed by atoms with van der Waals surface area (Å²) in [5, 5.41) is 10.1. The van der Waals surface area contributed by atoms with Gasteiger partial charge in [-0.1, -0.05) is 6.07 Å². The van der Waals surface area contributed by atoms with Crippen LogP contribution in [0.5, 0.6) is 0 Å². The zero-order valence-electron chi connectivity index (χ0n) is 10.1. The van der Waals surface area contributed by atoms with Crippen LogP contribution in [0.2, 0.25) is 0 Å². The lowest BCUT2D eigenvalue weighted by atomic mass is 10.0. The number of hydrogen-bond donors (Lipinski definition) is 1. The first-order valence-electron chi connectivity index (χ1n) is 5.55. The first-order chi connectivity index (χ1) is 8.49. The molecule has 0 fully saturated rings.